The van der Waals surface area contributed by atoms with Crippen molar-refractivity contribution in [2.75, 3.05) is 46.6 Å². The highest BCUT2D eigenvalue weighted by Crippen LogP contribution is 2.33. The maximum Gasteiger partial charge on any atom is 0.311 e. The molecule has 1 N–H and O–H groups in total. The lowest BCUT2D eigenvalue weighted by Crippen LogP contribution is -2.49. The van der Waals surface area contributed by atoms with Crippen molar-refractivity contribution in [3.63, 3.8) is 0 Å². The number of hydrogen-bond donors (Lipinski definition) is 1. The van der Waals surface area contributed by atoms with Gasteiger partial charge in [0.2, 0.25) is 0 Å². The van der Waals surface area contributed by atoms with Crippen LogP contribution in [-0.4, -0.2) is 62.5 Å². The summed E-state index contributed by atoms with van der Waals surface area (Å²) in [6.45, 7) is 6.25. The van der Waals surface area contributed by atoms with Crippen LogP contribution in [0.3, 0.4) is 0 Å². The minimum absolute atomic E-state index is 0.506. The first-order valence-corrected chi connectivity index (χ1v) is 6.67. The van der Waals surface area contributed by atoms with Crippen LogP contribution in [0.2, 0.25) is 0 Å². The molecule has 0 aromatic carbocycles. The van der Waals surface area contributed by atoms with Crippen molar-refractivity contribution < 1.29 is 19.4 Å². The van der Waals surface area contributed by atoms with Crippen molar-refractivity contribution in [1.82, 2.24) is 4.90 Å². The summed E-state index contributed by atoms with van der Waals surface area (Å²) in [5, 5.41) is 9.49. The molecule has 0 bridgehead atoms. The summed E-state index contributed by atoms with van der Waals surface area (Å²) in [5.74, 6) is -0.694. The molecule has 5 nitrogen and oxygen atoms in total. The van der Waals surface area contributed by atoms with Gasteiger partial charge in [0.15, 0.2) is 0 Å². The van der Waals surface area contributed by atoms with Crippen molar-refractivity contribution in [3.8, 4) is 0 Å². The van der Waals surface area contributed by atoms with E-state index in [1.807, 2.05) is 6.92 Å². The molecule has 1 atom stereocenters. The average Bonchev–Trinajstić information content (AvgIpc) is 2.37. The van der Waals surface area contributed by atoms with E-state index < -0.39 is 11.4 Å². The Labute approximate surface area is 109 Å². The van der Waals surface area contributed by atoms with Crippen LogP contribution in [0, 0.1) is 5.41 Å². The highest BCUT2D eigenvalue weighted by atomic mass is 16.5. The van der Waals surface area contributed by atoms with E-state index in [1.165, 1.54) is 0 Å². The van der Waals surface area contributed by atoms with Crippen LogP contribution in [-0.2, 0) is 14.3 Å². The minimum Gasteiger partial charge on any atom is -0.481 e. The number of aliphatic carboxylic acids is 1. The van der Waals surface area contributed by atoms with Crippen LogP contribution < -0.4 is 0 Å². The minimum atomic E-state index is -0.694. The molecule has 0 amide bonds. The van der Waals surface area contributed by atoms with Crippen molar-refractivity contribution >= 4 is 5.97 Å². The summed E-state index contributed by atoms with van der Waals surface area (Å²) >= 11 is 0. The Kier molecular flexibility index (Phi) is 6.60. The molecule has 0 aromatic rings. The Bertz CT molecular complexity index is 259. The van der Waals surface area contributed by atoms with Crippen molar-refractivity contribution in [2.24, 2.45) is 5.41 Å². The highest BCUT2D eigenvalue weighted by molar-refractivity contribution is 5.75. The molecular weight excluding hydrogens is 234 g/mol. The molecule has 1 fully saturated rings. The molecular formula is C13H25NO4. The first kappa shape index (κ1) is 15.4. The second kappa shape index (κ2) is 7.71. The molecule has 0 unspecified atom stereocenters. The van der Waals surface area contributed by atoms with Crippen molar-refractivity contribution in [1.29, 1.82) is 0 Å². The molecule has 5 heteroatoms. The lowest BCUT2D eigenvalue weighted by atomic mass is 9.77. The van der Waals surface area contributed by atoms with E-state index in [-0.39, 0.29) is 0 Å². The molecule has 1 heterocycles. The standard InChI is InChI=1S/C13H25NO4/c1-3-18-10-8-14-7-4-5-13(11-14,12(15)16)6-9-17-2/h3-11H2,1-2H3,(H,15,16)/t13-/m0/s1. The quantitative estimate of drug-likeness (QED) is 0.664. The summed E-state index contributed by atoms with van der Waals surface area (Å²) in [5.41, 5.74) is -0.638. The monoisotopic (exact) mass is 259 g/mol. The van der Waals surface area contributed by atoms with Gasteiger partial charge in [0.05, 0.1) is 12.0 Å². The number of ether oxygens (including phenoxy) is 2. The number of nitrogens with zero attached hydrogens (tertiary/aromatic N) is 1. The van der Waals surface area contributed by atoms with E-state index >= 15 is 0 Å². The normalized spacial score (nSPS) is 25.2. The molecule has 0 radical (unpaired) electrons. The molecule has 18 heavy (non-hydrogen) atoms. The second-order valence-electron chi connectivity index (χ2n) is 4.90. The van der Waals surface area contributed by atoms with Gasteiger partial charge < -0.3 is 14.6 Å². The van der Waals surface area contributed by atoms with Gasteiger partial charge in [0.25, 0.3) is 0 Å². The predicted octanol–water partition coefficient (Wildman–Crippen LogP) is 1.23. The molecule has 1 rings (SSSR count). The van der Waals surface area contributed by atoms with Crippen LogP contribution in [0.15, 0.2) is 0 Å². The second-order valence-corrected chi connectivity index (χ2v) is 4.90. The third kappa shape index (κ3) is 4.23. The number of piperidine rings is 1. The molecule has 0 saturated carbocycles. The third-order valence-electron chi connectivity index (χ3n) is 3.65. The Balaban J connectivity index is 2.53. The van der Waals surface area contributed by atoms with Gasteiger partial charge >= 0.3 is 5.97 Å². The van der Waals surface area contributed by atoms with Crippen LogP contribution in [0.1, 0.15) is 26.2 Å². The summed E-state index contributed by atoms with van der Waals surface area (Å²) in [6, 6.07) is 0. The zero-order chi connectivity index (χ0) is 13.4. The van der Waals surface area contributed by atoms with Crippen LogP contribution >= 0.6 is 0 Å². The Morgan fingerprint density at radius 1 is 1.44 bits per heavy atom. The zero-order valence-electron chi connectivity index (χ0n) is 11.5. The smallest absolute Gasteiger partial charge is 0.311 e. The number of methoxy groups -OCH3 is 1. The number of rotatable bonds is 8. The number of carboxylic acid groups (broad SMARTS) is 1. The predicted molar refractivity (Wildman–Crippen MR) is 68.7 cm³/mol. The zero-order valence-corrected chi connectivity index (χ0v) is 11.5. The third-order valence-corrected chi connectivity index (χ3v) is 3.65. The Morgan fingerprint density at radius 2 is 2.22 bits per heavy atom. The molecule has 1 aliphatic rings. The van der Waals surface area contributed by atoms with E-state index in [9.17, 15) is 9.90 Å². The fraction of sp³-hybridized carbons (Fsp3) is 0.923. The first-order chi connectivity index (χ1) is 8.64. The summed E-state index contributed by atoms with van der Waals surface area (Å²) < 4.78 is 10.4. The van der Waals surface area contributed by atoms with Gasteiger partial charge in [-0.2, -0.15) is 0 Å². The summed E-state index contributed by atoms with van der Waals surface area (Å²) in [6.07, 6.45) is 2.27. The van der Waals surface area contributed by atoms with E-state index in [0.717, 1.165) is 25.9 Å². The van der Waals surface area contributed by atoms with Crippen LogP contribution in [0.4, 0.5) is 0 Å². The van der Waals surface area contributed by atoms with Gasteiger partial charge in [0.1, 0.15) is 0 Å². The topological polar surface area (TPSA) is 59.0 Å². The van der Waals surface area contributed by atoms with E-state index in [0.29, 0.717) is 32.8 Å². The number of hydrogen-bond acceptors (Lipinski definition) is 4. The molecule has 1 aliphatic heterocycles. The van der Waals surface area contributed by atoms with Gasteiger partial charge in [-0.25, -0.2) is 0 Å². The molecule has 0 aromatic heterocycles. The number of carboxylic acids is 1. The maximum absolute atomic E-state index is 11.5. The first-order valence-electron chi connectivity index (χ1n) is 6.67. The maximum atomic E-state index is 11.5. The van der Waals surface area contributed by atoms with E-state index in [4.69, 9.17) is 9.47 Å². The van der Waals surface area contributed by atoms with E-state index in [2.05, 4.69) is 4.90 Å². The Hall–Kier alpha value is -0.650. The summed E-state index contributed by atoms with van der Waals surface area (Å²) in [7, 11) is 1.62. The van der Waals surface area contributed by atoms with Crippen molar-refractivity contribution in [3.05, 3.63) is 0 Å². The van der Waals surface area contributed by atoms with Gasteiger partial charge in [-0.3, -0.25) is 9.69 Å². The van der Waals surface area contributed by atoms with Crippen LogP contribution in [0.5, 0.6) is 0 Å². The van der Waals surface area contributed by atoms with Gasteiger partial charge in [0, 0.05) is 33.4 Å². The highest BCUT2D eigenvalue weighted by Gasteiger charge is 2.41. The fourth-order valence-electron chi connectivity index (χ4n) is 2.54. The van der Waals surface area contributed by atoms with Gasteiger partial charge in [-0.1, -0.05) is 0 Å². The fourth-order valence-corrected chi connectivity index (χ4v) is 2.54. The molecule has 1 saturated heterocycles. The molecule has 0 spiro atoms. The number of likely N-dealkylation sites (tertiary alicyclic amines) is 1. The molecule has 106 valence electrons. The van der Waals surface area contributed by atoms with Gasteiger partial charge in [-0.15, -0.1) is 0 Å². The largest absolute Gasteiger partial charge is 0.481 e. The van der Waals surface area contributed by atoms with Crippen molar-refractivity contribution in [2.45, 2.75) is 26.2 Å². The van der Waals surface area contributed by atoms with Crippen LogP contribution in [0.25, 0.3) is 0 Å². The van der Waals surface area contributed by atoms with E-state index in [1.54, 1.807) is 7.11 Å². The molecule has 0 aliphatic carbocycles. The summed E-state index contributed by atoms with van der Waals surface area (Å²) in [4.78, 5) is 13.7. The Morgan fingerprint density at radius 3 is 2.83 bits per heavy atom. The van der Waals surface area contributed by atoms with Gasteiger partial charge in [-0.05, 0) is 32.7 Å². The lowest BCUT2D eigenvalue weighted by molar-refractivity contribution is -0.154. The SMILES string of the molecule is CCOCCN1CCC[C@@](CCOC)(C(=O)O)C1. The lowest BCUT2D eigenvalue weighted by Gasteiger charge is -2.39. The average molecular weight is 259 g/mol. The number of carbonyl (C=O) groups is 1.